The van der Waals surface area contributed by atoms with Gasteiger partial charge in [0.25, 0.3) is 0 Å². The van der Waals surface area contributed by atoms with Crippen LogP contribution in [0.4, 0.5) is 0 Å². The van der Waals surface area contributed by atoms with Gasteiger partial charge < -0.3 is 14.5 Å². The SMILES string of the molecule is COC(=O)CCNC1CCCc2occc21. The van der Waals surface area contributed by atoms with Crippen molar-refractivity contribution in [1.82, 2.24) is 5.32 Å². The number of hydrogen-bond donors (Lipinski definition) is 1. The van der Waals surface area contributed by atoms with Gasteiger partial charge in [-0.1, -0.05) is 0 Å². The summed E-state index contributed by atoms with van der Waals surface area (Å²) in [6.07, 6.45) is 5.42. The lowest BCUT2D eigenvalue weighted by molar-refractivity contribution is -0.140. The van der Waals surface area contributed by atoms with Crippen molar-refractivity contribution in [3.8, 4) is 0 Å². The summed E-state index contributed by atoms with van der Waals surface area (Å²) in [5.41, 5.74) is 1.25. The molecule has 1 aliphatic rings. The Hall–Kier alpha value is -1.29. The van der Waals surface area contributed by atoms with Crippen LogP contribution in [0.3, 0.4) is 0 Å². The van der Waals surface area contributed by atoms with Crippen LogP contribution in [-0.2, 0) is 16.0 Å². The number of esters is 1. The highest BCUT2D eigenvalue weighted by atomic mass is 16.5. The Labute approximate surface area is 95.0 Å². The van der Waals surface area contributed by atoms with E-state index in [1.54, 1.807) is 6.26 Å². The largest absolute Gasteiger partial charge is 0.469 e. The lowest BCUT2D eigenvalue weighted by Gasteiger charge is -2.22. The van der Waals surface area contributed by atoms with Crippen molar-refractivity contribution < 1.29 is 13.9 Å². The Bertz CT molecular complexity index is 359. The molecule has 0 spiro atoms. The van der Waals surface area contributed by atoms with Crippen LogP contribution in [0.25, 0.3) is 0 Å². The molecule has 0 bridgehead atoms. The molecule has 2 rings (SSSR count). The summed E-state index contributed by atoms with van der Waals surface area (Å²) < 4.78 is 10.00. The molecule has 1 heterocycles. The summed E-state index contributed by atoms with van der Waals surface area (Å²) in [5, 5.41) is 3.37. The number of ether oxygens (including phenoxy) is 1. The van der Waals surface area contributed by atoms with Crippen molar-refractivity contribution in [1.29, 1.82) is 0 Å². The number of carbonyl (C=O) groups is 1. The first-order chi connectivity index (χ1) is 7.81. The number of aryl methyl sites for hydroxylation is 1. The third kappa shape index (κ3) is 2.44. The van der Waals surface area contributed by atoms with Gasteiger partial charge in [0, 0.05) is 24.6 Å². The predicted molar refractivity (Wildman–Crippen MR) is 59.0 cm³/mol. The molecule has 1 aromatic heterocycles. The monoisotopic (exact) mass is 223 g/mol. The Morgan fingerprint density at radius 3 is 3.38 bits per heavy atom. The summed E-state index contributed by atoms with van der Waals surface area (Å²) in [6, 6.07) is 2.34. The number of hydrogen-bond acceptors (Lipinski definition) is 4. The first-order valence-electron chi connectivity index (χ1n) is 5.67. The first kappa shape index (κ1) is 11.2. The van der Waals surface area contributed by atoms with Crippen LogP contribution in [0, 0.1) is 0 Å². The lowest BCUT2D eigenvalue weighted by Crippen LogP contribution is -2.26. The maximum Gasteiger partial charge on any atom is 0.306 e. The van der Waals surface area contributed by atoms with Gasteiger partial charge in [-0.15, -0.1) is 0 Å². The van der Waals surface area contributed by atoms with E-state index < -0.39 is 0 Å². The molecular weight excluding hydrogens is 206 g/mol. The van der Waals surface area contributed by atoms with Gasteiger partial charge in [-0.3, -0.25) is 4.79 Å². The summed E-state index contributed by atoms with van der Waals surface area (Å²) in [5.74, 6) is 0.914. The fourth-order valence-corrected chi connectivity index (χ4v) is 2.15. The molecule has 1 aliphatic carbocycles. The van der Waals surface area contributed by atoms with E-state index in [1.165, 1.54) is 12.7 Å². The Morgan fingerprint density at radius 1 is 1.69 bits per heavy atom. The number of rotatable bonds is 4. The number of carbonyl (C=O) groups excluding carboxylic acids is 1. The maximum absolute atomic E-state index is 11.0. The van der Waals surface area contributed by atoms with E-state index in [2.05, 4.69) is 10.1 Å². The number of methoxy groups -OCH3 is 1. The van der Waals surface area contributed by atoms with Crippen LogP contribution in [0.15, 0.2) is 16.7 Å². The molecule has 0 fully saturated rings. The highest BCUT2D eigenvalue weighted by Gasteiger charge is 2.21. The van der Waals surface area contributed by atoms with Gasteiger partial charge in [0.2, 0.25) is 0 Å². The zero-order chi connectivity index (χ0) is 11.4. The third-order valence-corrected chi connectivity index (χ3v) is 3.00. The van der Waals surface area contributed by atoms with E-state index in [1.807, 2.05) is 6.07 Å². The van der Waals surface area contributed by atoms with Crippen molar-refractivity contribution in [2.75, 3.05) is 13.7 Å². The second kappa shape index (κ2) is 5.16. The zero-order valence-corrected chi connectivity index (χ0v) is 9.49. The molecule has 0 amide bonds. The molecule has 0 saturated carbocycles. The molecule has 0 aromatic carbocycles. The van der Waals surface area contributed by atoms with Crippen molar-refractivity contribution >= 4 is 5.97 Å². The van der Waals surface area contributed by atoms with E-state index in [0.29, 0.717) is 19.0 Å². The molecule has 0 saturated heterocycles. The van der Waals surface area contributed by atoms with Gasteiger partial charge in [0.1, 0.15) is 5.76 Å². The van der Waals surface area contributed by atoms with Crippen molar-refractivity contribution in [2.45, 2.75) is 31.7 Å². The van der Waals surface area contributed by atoms with Gasteiger partial charge in [-0.2, -0.15) is 0 Å². The smallest absolute Gasteiger partial charge is 0.306 e. The van der Waals surface area contributed by atoms with Crippen LogP contribution in [0.1, 0.15) is 36.6 Å². The highest BCUT2D eigenvalue weighted by molar-refractivity contribution is 5.69. The van der Waals surface area contributed by atoms with Gasteiger partial charge in [-0.25, -0.2) is 0 Å². The molecule has 16 heavy (non-hydrogen) atoms. The third-order valence-electron chi connectivity index (χ3n) is 3.00. The number of fused-ring (bicyclic) bond motifs is 1. The molecule has 0 aliphatic heterocycles. The van der Waals surface area contributed by atoms with Crippen molar-refractivity contribution in [3.05, 3.63) is 23.7 Å². The van der Waals surface area contributed by atoms with Gasteiger partial charge in [0.15, 0.2) is 0 Å². The summed E-state index contributed by atoms with van der Waals surface area (Å²) >= 11 is 0. The van der Waals surface area contributed by atoms with E-state index in [4.69, 9.17) is 4.42 Å². The minimum atomic E-state index is -0.171. The topological polar surface area (TPSA) is 51.5 Å². The van der Waals surface area contributed by atoms with Crippen LogP contribution in [-0.4, -0.2) is 19.6 Å². The number of nitrogens with one attached hydrogen (secondary N) is 1. The first-order valence-corrected chi connectivity index (χ1v) is 5.67. The Morgan fingerprint density at radius 2 is 2.56 bits per heavy atom. The molecule has 1 N–H and O–H groups in total. The predicted octanol–water partition coefficient (Wildman–Crippen LogP) is 1.81. The minimum Gasteiger partial charge on any atom is -0.469 e. The average molecular weight is 223 g/mol. The molecule has 88 valence electrons. The van der Waals surface area contributed by atoms with Crippen molar-refractivity contribution in [2.24, 2.45) is 0 Å². The molecule has 1 atom stereocenters. The molecule has 1 unspecified atom stereocenters. The quantitative estimate of drug-likeness (QED) is 0.791. The second-order valence-electron chi connectivity index (χ2n) is 4.02. The fraction of sp³-hybridized carbons (Fsp3) is 0.583. The summed E-state index contributed by atoms with van der Waals surface area (Å²) in [7, 11) is 1.41. The molecular formula is C12H17NO3. The van der Waals surface area contributed by atoms with Crippen molar-refractivity contribution in [3.63, 3.8) is 0 Å². The van der Waals surface area contributed by atoms with E-state index in [9.17, 15) is 4.79 Å². The summed E-state index contributed by atoms with van der Waals surface area (Å²) in [4.78, 5) is 11.0. The van der Waals surface area contributed by atoms with Crippen LogP contribution >= 0.6 is 0 Å². The van der Waals surface area contributed by atoms with E-state index in [-0.39, 0.29) is 5.97 Å². The second-order valence-corrected chi connectivity index (χ2v) is 4.02. The lowest BCUT2D eigenvalue weighted by atomic mass is 9.93. The van der Waals surface area contributed by atoms with Crippen LogP contribution < -0.4 is 5.32 Å². The molecule has 1 aromatic rings. The normalized spacial score (nSPS) is 19.2. The fourth-order valence-electron chi connectivity index (χ4n) is 2.15. The van der Waals surface area contributed by atoms with Crippen LogP contribution in [0.2, 0.25) is 0 Å². The van der Waals surface area contributed by atoms with Gasteiger partial charge >= 0.3 is 5.97 Å². The number of furan rings is 1. The average Bonchev–Trinajstić information content (AvgIpc) is 2.77. The molecule has 4 heteroatoms. The van der Waals surface area contributed by atoms with E-state index in [0.717, 1.165) is 25.0 Å². The highest BCUT2D eigenvalue weighted by Crippen LogP contribution is 2.30. The molecule has 4 nitrogen and oxygen atoms in total. The molecule has 0 radical (unpaired) electrons. The van der Waals surface area contributed by atoms with Gasteiger partial charge in [0.05, 0.1) is 19.8 Å². The standard InChI is InChI=1S/C12H17NO3/c1-15-12(14)5-7-13-10-3-2-4-11-9(10)6-8-16-11/h6,8,10,13H,2-5,7H2,1H3. The summed E-state index contributed by atoms with van der Waals surface area (Å²) in [6.45, 7) is 0.655. The Kier molecular flexibility index (Phi) is 3.62. The Balaban J connectivity index is 1.86. The van der Waals surface area contributed by atoms with E-state index >= 15 is 0 Å². The minimum absolute atomic E-state index is 0.171. The zero-order valence-electron chi connectivity index (χ0n) is 9.49. The maximum atomic E-state index is 11.0. The van der Waals surface area contributed by atoms with Gasteiger partial charge in [-0.05, 0) is 18.9 Å². The van der Waals surface area contributed by atoms with Crippen LogP contribution in [0.5, 0.6) is 0 Å².